The Morgan fingerprint density at radius 2 is 2.50 bits per heavy atom. The number of carboxylic acid groups (broad SMARTS) is 1. The molecule has 0 saturated heterocycles. The van der Waals surface area contributed by atoms with Gasteiger partial charge in [-0.1, -0.05) is 0 Å². The van der Waals surface area contributed by atoms with Crippen LogP contribution in [0.25, 0.3) is 0 Å². The molecule has 0 radical (unpaired) electrons. The Morgan fingerprint density at radius 1 is 1.79 bits per heavy atom. The van der Waals surface area contributed by atoms with Crippen molar-refractivity contribution in [2.24, 2.45) is 0 Å². The average molecular weight is 278 g/mol. The van der Waals surface area contributed by atoms with Crippen LogP contribution in [0.2, 0.25) is 0 Å². The summed E-state index contributed by atoms with van der Waals surface area (Å²) in [5.41, 5.74) is 0. The van der Waals surface area contributed by atoms with Gasteiger partial charge in [0.2, 0.25) is 0 Å². The second kappa shape index (κ2) is 5.48. The summed E-state index contributed by atoms with van der Waals surface area (Å²) < 4.78 is 1.08. The van der Waals surface area contributed by atoms with E-state index in [1.807, 2.05) is 18.4 Å². The van der Waals surface area contributed by atoms with Gasteiger partial charge in [-0.15, -0.1) is 11.3 Å². The van der Waals surface area contributed by atoms with Gasteiger partial charge in [-0.3, -0.25) is 4.79 Å². The molecule has 78 valence electrons. The maximum Gasteiger partial charge on any atom is 0.304 e. The average Bonchev–Trinajstić information content (AvgIpc) is 2.50. The topological polar surface area (TPSA) is 49.3 Å². The third kappa shape index (κ3) is 3.40. The zero-order valence-electron chi connectivity index (χ0n) is 7.79. The highest BCUT2D eigenvalue weighted by Gasteiger charge is 2.10. The standard InChI is InChI=1S/C9H12BrNO2S/c1-6(11-4-2-8(12)13)9-7(10)3-5-14-9/h3,5-6,11H,2,4H2,1H3,(H,12,13). The number of thiophene rings is 1. The number of aliphatic carboxylic acids is 1. The molecule has 1 aromatic heterocycles. The van der Waals surface area contributed by atoms with Gasteiger partial charge in [0.1, 0.15) is 0 Å². The Labute approximate surface area is 95.3 Å². The van der Waals surface area contributed by atoms with E-state index in [0.29, 0.717) is 6.54 Å². The van der Waals surface area contributed by atoms with Gasteiger partial charge in [0, 0.05) is 21.9 Å². The van der Waals surface area contributed by atoms with E-state index in [-0.39, 0.29) is 12.5 Å². The van der Waals surface area contributed by atoms with Crippen molar-refractivity contribution >= 4 is 33.2 Å². The number of hydrogen-bond donors (Lipinski definition) is 2. The fourth-order valence-corrected chi connectivity index (χ4v) is 2.85. The lowest BCUT2D eigenvalue weighted by atomic mass is 10.2. The Balaban J connectivity index is 2.39. The summed E-state index contributed by atoms with van der Waals surface area (Å²) in [5.74, 6) is -0.769. The van der Waals surface area contributed by atoms with Crippen LogP contribution in [0, 0.1) is 0 Å². The van der Waals surface area contributed by atoms with Gasteiger partial charge in [0.25, 0.3) is 0 Å². The molecule has 1 aromatic rings. The Bertz CT molecular complexity index is 314. The Morgan fingerprint density at radius 3 is 3.00 bits per heavy atom. The van der Waals surface area contributed by atoms with Crippen molar-refractivity contribution in [2.45, 2.75) is 19.4 Å². The smallest absolute Gasteiger partial charge is 0.304 e. The lowest BCUT2D eigenvalue weighted by Gasteiger charge is -2.11. The van der Waals surface area contributed by atoms with Gasteiger partial charge in [-0.2, -0.15) is 0 Å². The molecule has 0 fully saturated rings. The van der Waals surface area contributed by atoms with Crippen LogP contribution in [-0.4, -0.2) is 17.6 Å². The molecule has 0 aliphatic heterocycles. The Kier molecular flexibility index (Phi) is 4.57. The lowest BCUT2D eigenvalue weighted by molar-refractivity contribution is -0.136. The van der Waals surface area contributed by atoms with Crippen molar-refractivity contribution in [1.82, 2.24) is 5.32 Å². The highest BCUT2D eigenvalue weighted by atomic mass is 79.9. The molecule has 5 heteroatoms. The Hall–Kier alpha value is -0.390. The van der Waals surface area contributed by atoms with E-state index in [4.69, 9.17) is 5.11 Å². The second-order valence-corrected chi connectivity index (χ2v) is 4.75. The van der Waals surface area contributed by atoms with Crippen LogP contribution in [0.4, 0.5) is 0 Å². The van der Waals surface area contributed by atoms with Gasteiger partial charge in [-0.05, 0) is 34.3 Å². The van der Waals surface area contributed by atoms with Crippen LogP contribution in [0.15, 0.2) is 15.9 Å². The minimum absolute atomic E-state index is 0.160. The van der Waals surface area contributed by atoms with E-state index in [2.05, 4.69) is 21.2 Å². The maximum absolute atomic E-state index is 10.3. The molecule has 1 unspecified atom stereocenters. The molecule has 0 bridgehead atoms. The first kappa shape index (κ1) is 11.7. The molecule has 1 rings (SSSR count). The van der Waals surface area contributed by atoms with Crippen molar-refractivity contribution in [1.29, 1.82) is 0 Å². The fourth-order valence-electron chi connectivity index (χ4n) is 1.10. The predicted molar refractivity (Wildman–Crippen MR) is 60.7 cm³/mol. The van der Waals surface area contributed by atoms with E-state index in [1.165, 1.54) is 4.88 Å². The van der Waals surface area contributed by atoms with Crippen LogP contribution >= 0.6 is 27.3 Å². The molecule has 0 aliphatic rings. The van der Waals surface area contributed by atoms with Crippen molar-refractivity contribution in [3.05, 3.63) is 20.8 Å². The SMILES string of the molecule is CC(NCCC(=O)O)c1sccc1Br. The first-order valence-corrected chi connectivity index (χ1v) is 5.96. The third-order valence-corrected chi connectivity index (χ3v) is 3.88. The van der Waals surface area contributed by atoms with Crippen LogP contribution in [0.5, 0.6) is 0 Å². The summed E-state index contributed by atoms with van der Waals surface area (Å²) in [4.78, 5) is 11.5. The molecule has 14 heavy (non-hydrogen) atoms. The first-order chi connectivity index (χ1) is 6.61. The third-order valence-electron chi connectivity index (χ3n) is 1.83. The van der Waals surface area contributed by atoms with Gasteiger partial charge >= 0.3 is 5.97 Å². The monoisotopic (exact) mass is 277 g/mol. The van der Waals surface area contributed by atoms with Gasteiger partial charge in [0.05, 0.1) is 6.42 Å². The van der Waals surface area contributed by atoms with Crippen molar-refractivity contribution in [2.75, 3.05) is 6.54 Å². The quantitative estimate of drug-likeness (QED) is 0.870. The van der Waals surface area contributed by atoms with Crippen LogP contribution in [-0.2, 0) is 4.79 Å². The van der Waals surface area contributed by atoms with Gasteiger partial charge in [-0.25, -0.2) is 0 Å². The summed E-state index contributed by atoms with van der Waals surface area (Å²) in [7, 11) is 0. The predicted octanol–water partition coefficient (Wildman–Crippen LogP) is 2.64. The largest absolute Gasteiger partial charge is 0.481 e. The number of carboxylic acids is 1. The van der Waals surface area contributed by atoms with E-state index >= 15 is 0 Å². The minimum atomic E-state index is -0.769. The molecule has 0 spiro atoms. The molecule has 3 nitrogen and oxygen atoms in total. The minimum Gasteiger partial charge on any atom is -0.481 e. The summed E-state index contributed by atoms with van der Waals surface area (Å²) in [6.45, 7) is 2.53. The summed E-state index contributed by atoms with van der Waals surface area (Å²) >= 11 is 5.10. The fraction of sp³-hybridized carbons (Fsp3) is 0.444. The van der Waals surface area contributed by atoms with Gasteiger partial charge < -0.3 is 10.4 Å². The van der Waals surface area contributed by atoms with E-state index in [9.17, 15) is 4.79 Å². The van der Waals surface area contributed by atoms with E-state index in [0.717, 1.165) is 4.47 Å². The molecule has 0 amide bonds. The molecule has 0 saturated carbocycles. The van der Waals surface area contributed by atoms with Crippen LogP contribution < -0.4 is 5.32 Å². The highest BCUT2D eigenvalue weighted by Crippen LogP contribution is 2.28. The van der Waals surface area contributed by atoms with E-state index in [1.54, 1.807) is 11.3 Å². The van der Waals surface area contributed by atoms with Crippen molar-refractivity contribution in [3.63, 3.8) is 0 Å². The van der Waals surface area contributed by atoms with Crippen molar-refractivity contribution in [3.8, 4) is 0 Å². The first-order valence-electron chi connectivity index (χ1n) is 4.29. The molecular weight excluding hydrogens is 266 g/mol. The molecule has 0 aliphatic carbocycles. The summed E-state index contributed by atoms with van der Waals surface area (Å²) in [6.07, 6.45) is 0.160. The van der Waals surface area contributed by atoms with Crippen LogP contribution in [0.3, 0.4) is 0 Å². The zero-order valence-corrected chi connectivity index (χ0v) is 10.2. The molecule has 1 heterocycles. The summed E-state index contributed by atoms with van der Waals surface area (Å²) in [6, 6.07) is 2.19. The number of halogens is 1. The van der Waals surface area contributed by atoms with Gasteiger partial charge in [0.15, 0.2) is 0 Å². The second-order valence-electron chi connectivity index (χ2n) is 2.95. The lowest BCUT2D eigenvalue weighted by Crippen LogP contribution is -2.21. The molecular formula is C9H12BrNO2S. The van der Waals surface area contributed by atoms with Crippen LogP contribution in [0.1, 0.15) is 24.3 Å². The number of hydrogen-bond acceptors (Lipinski definition) is 3. The maximum atomic E-state index is 10.3. The number of nitrogens with one attached hydrogen (secondary N) is 1. The van der Waals surface area contributed by atoms with E-state index < -0.39 is 5.97 Å². The molecule has 0 aromatic carbocycles. The zero-order chi connectivity index (χ0) is 10.6. The molecule has 1 atom stereocenters. The summed E-state index contributed by atoms with van der Waals surface area (Å²) in [5, 5.41) is 13.6. The highest BCUT2D eigenvalue weighted by molar-refractivity contribution is 9.10. The number of rotatable bonds is 5. The van der Waals surface area contributed by atoms with Crippen molar-refractivity contribution < 1.29 is 9.90 Å². The molecule has 2 N–H and O–H groups in total. The normalized spacial score (nSPS) is 12.7. The number of carbonyl (C=O) groups is 1.